The summed E-state index contributed by atoms with van der Waals surface area (Å²) in [5, 5.41) is 2.55. The number of carbonyl (C=O) groups is 2. The van der Waals surface area contributed by atoms with Gasteiger partial charge in [0.25, 0.3) is 5.91 Å². The Kier molecular flexibility index (Phi) is 6.53. The van der Waals surface area contributed by atoms with E-state index in [2.05, 4.69) is 5.32 Å². The second-order valence-electron chi connectivity index (χ2n) is 7.05. The van der Waals surface area contributed by atoms with Crippen LogP contribution in [0.2, 0.25) is 0 Å². The summed E-state index contributed by atoms with van der Waals surface area (Å²) in [6.45, 7) is 1.10. The van der Waals surface area contributed by atoms with Crippen molar-refractivity contribution in [3.63, 3.8) is 0 Å². The van der Waals surface area contributed by atoms with E-state index in [0.717, 1.165) is 49.1 Å². The molecule has 0 aliphatic carbocycles. The molecule has 0 spiro atoms. The van der Waals surface area contributed by atoms with Gasteiger partial charge < -0.3 is 20.7 Å². The topological polar surface area (TPSA) is 84.7 Å². The molecule has 2 aromatic carbocycles. The largest absolute Gasteiger partial charge is 0.497 e. The smallest absolute Gasteiger partial charge is 0.312 e. The molecule has 1 aliphatic rings. The molecule has 6 nitrogen and oxygen atoms in total. The second kappa shape index (κ2) is 9.26. The van der Waals surface area contributed by atoms with Crippen molar-refractivity contribution in [2.45, 2.75) is 38.3 Å². The third kappa shape index (κ3) is 4.82. The molecule has 2 aromatic rings. The molecule has 1 heterocycles. The van der Waals surface area contributed by atoms with Gasteiger partial charge in [-0.15, -0.1) is 0 Å². The number of nitrogens with two attached hydrogens (primary N) is 1. The third-order valence-corrected chi connectivity index (χ3v) is 5.18. The van der Waals surface area contributed by atoms with Gasteiger partial charge in [-0.1, -0.05) is 37.1 Å². The zero-order valence-corrected chi connectivity index (χ0v) is 16.2. The van der Waals surface area contributed by atoms with Gasteiger partial charge in [0.2, 0.25) is 0 Å². The van der Waals surface area contributed by atoms with Crippen molar-refractivity contribution in [2.75, 3.05) is 13.7 Å². The average molecular weight is 381 g/mol. The van der Waals surface area contributed by atoms with Gasteiger partial charge in [-0.3, -0.25) is 4.79 Å². The monoisotopic (exact) mass is 381 g/mol. The number of carbonyl (C=O) groups excluding carboxylic acids is 2. The van der Waals surface area contributed by atoms with Gasteiger partial charge in [-0.25, -0.2) is 4.79 Å². The Labute approximate surface area is 165 Å². The van der Waals surface area contributed by atoms with E-state index in [1.54, 1.807) is 7.11 Å². The van der Waals surface area contributed by atoms with E-state index in [0.29, 0.717) is 12.1 Å². The number of nitrogens with zero attached hydrogens (tertiary/aromatic N) is 1. The average Bonchev–Trinajstić information content (AvgIpc) is 2.98. The number of likely N-dealkylation sites (tertiary alicyclic amines) is 1. The fourth-order valence-electron chi connectivity index (χ4n) is 3.64. The fourth-order valence-corrected chi connectivity index (χ4v) is 3.64. The first kappa shape index (κ1) is 19.7. The number of hydrogen-bond donors (Lipinski definition) is 2. The van der Waals surface area contributed by atoms with Crippen LogP contribution in [0.3, 0.4) is 0 Å². The maximum Gasteiger partial charge on any atom is 0.312 e. The Hall–Kier alpha value is -3.02. The van der Waals surface area contributed by atoms with Crippen LogP contribution in [0.25, 0.3) is 0 Å². The molecule has 0 aromatic heterocycles. The van der Waals surface area contributed by atoms with Crippen LogP contribution >= 0.6 is 0 Å². The van der Waals surface area contributed by atoms with Crippen LogP contribution in [0, 0.1) is 0 Å². The molecule has 1 saturated heterocycles. The van der Waals surface area contributed by atoms with Crippen LogP contribution < -0.4 is 15.8 Å². The number of rotatable bonds is 5. The first-order valence-electron chi connectivity index (χ1n) is 9.65. The lowest BCUT2D eigenvalue weighted by molar-refractivity contribution is 0.0681. The highest BCUT2D eigenvalue weighted by molar-refractivity contribution is 5.94. The van der Waals surface area contributed by atoms with Crippen LogP contribution in [0.4, 0.5) is 4.79 Å². The van der Waals surface area contributed by atoms with Crippen LogP contribution in [0.1, 0.15) is 53.2 Å². The van der Waals surface area contributed by atoms with Crippen LogP contribution in [0.15, 0.2) is 48.5 Å². The molecule has 3 amide bonds. The molecule has 1 fully saturated rings. The van der Waals surface area contributed by atoms with E-state index in [1.807, 2.05) is 53.4 Å². The highest BCUT2D eigenvalue weighted by Crippen LogP contribution is 2.32. The number of methoxy groups -OCH3 is 1. The van der Waals surface area contributed by atoms with Gasteiger partial charge in [0, 0.05) is 18.7 Å². The van der Waals surface area contributed by atoms with Crippen molar-refractivity contribution < 1.29 is 14.3 Å². The van der Waals surface area contributed by atoms with Crippen LogP contribution in [-0.4, -0.2) is 30.5 Å². The summed E-state index contributed by atoms with van der Waals surface area (Å²) < 4.78 is 5.26. The van der Waals surface area contributed by atoms with Crippen molar-refractivity contribution >= 4 is 11.9 Å². The van der Waals surface area contributed by atoms with Gasteiger partial charge in [-0.2, -0.15) is 0 Å². The predicted molar refractivity (Wildman–Crippen MR) is 108 cm³/mol. The fraction of sp³-hybridized carbons (Fsp3) is 0.364. The number of nitrogens with one attached hydrogen (secondary N) is 1. The lowest BCUT2D eigenvalue weighted by Crippen LogP contribution is -2.34. The van der Waals surface area contributed by atoms with Crippen LogP contribution in [0.5, 0.6) is 5.75 Å². The Bertz CT molecular complexity index is 803. The second-order valence-corrected chi connectivity index (χ2v) is 7.05. The molecule has 0 saturated carbocycles. The molecule has 0 unspecified atom stereocenters. The van der Waals surface area contributed by atoms with Gasteiger partial charge in [0.15, 0.2) is 0 Å². The zero-order chi connectivity index (χ0) is 19.9. The van der Waals surface area contributed by atoms with Crippen LogP contribution in [-0.2, 0) is 6.54 Å². The molecule has 148 valence electrons. The van der Waals surface area contributed by atoms with Crippen molar-refractivity contribution in [1.29, 1.82) is 0 Å². The van der Waals surface area contributed by atoms with E-state index in [9.17, 15) is 9.59 Å². The highest BCUT2D eigenvalue weighted by atomic mass is 16.5. The Morgan fingerprint density at radius 3 is 2.43 bits per heavy atom. The molecule has 3 rings (SSSR count). The maximum atomic E-state index is 13.2. The Morgan fingerprint density at radius 2 is 1.79 bits per heavy atom. The van der Waals surface area contributed by atoms with E-state index >= 15 is 0 Å². The molecule has 28 heavy (non-hydrogen) atoms. The minimum atomic E-state index is -0.563. The standard InChI is InChI=1S/C22H27N3O3/c1-28-19-12-10-17(11-13-19)20-5-3-2-4-14-25(20)21(26)18-8-6-16(7-9-18)15-24-22(23)27/h6-13,20H,2-5,14-15H2,1H3,(H3,23,24,27)/t20-/m1/s1. The summed E-state index contributed by atoms with van der Waals surface area (Å²) in [7, 11) is 1.65. The quantitative estimate of drug-likeness (QED) is 0.829. The number of ether oxygens (including phenoxy) is 1. The molecule has 0 bridgehead atoms. The van der Waals surface area contributed by atoms with E-state index in [4.69, 9.17) is 10.5 Å². The molecular weight excluding hydrogens is 354 g/mol. The van der Waals surface area contributed by atoms with Crippen molar-refractivity contribution in [3.8, 4) is 5.75 Å². The van der Waals surface area contributed by atoms with E-state index in [1.165, 1.54) is 0 Å². The summed E-state index contributed by atoms with van der Waals surface area (Å²) in [5.41, 5.74) is 7.79. The Morgan fingerprint density at radius 1 is 1.07 bits per heavy atom. The lowest BCUT2D eigenvalue weighted by Gasteiger charge is -2.31. The minimum absolute atomic E-state index is 0.0390. The summed E-state index contributed by atoms with van der Waals surface area (Å²) in [4.78, 5) is 26.1. The Balaban J connectivity index is 1.79. The first-order valence-corrected chi connectivity index (χ1v) is 9.65. The molecule has 6 heteroatoms. The number of urea groups is 1. The number of benzene rings is 2. The van der Waals surface area contributed by atoms with Crippen molar-refractivity contribution in [3.05, 3.63) is 65.2 Å². The highest BCUT2D eigenvalue weighted by Gasteiger charge is 2.27. The van der Waals surface area contributed by atoms with Crippen molar-refractivity contribution in [2.24, 2.45) is 5.73 Å². The molecule has 1 aliphatic heterocycles. The summed E-state index contributed by atoms with van der Waals surface area (Å²) in [6, 6.07) is 14.8. The van der Waals surface area contributed by atoms with Gasteiger partial charge in [-0.05, 0) is 48.2 Å². The summed E-state index contributed by atoms with van der Waals surface area (Å²) in [5.74, 6) is 0.854. The number of hydrogen-bond acceptors (Lipinski definition) is 3. The lowest BCUT2D eigenvalue weighted by atomic mass is 9.99. The van der Waals surface area contributed by atoms with Crippen molar-refractivity contribution in [1.82, 2.24) is 10.2 Å². The molecule has 0 radical (unpaired) electrons. The minimum Gasteiger partial charge on any atom is -0.497 e. The third-order valence-electron chi connectivity index (χ3n) is 5.18. The molecule has 3 N–H and O–H groups in total. The maximum absolute atomic E-state index is 13.2. The number of primary amides is 1. The molecule has 1 atom stereocenters. The van der Waals surface area contributed by atoms with E-state index in [-0.39, 0.29) is 11.9 Å². The first-order chi connectivity index (χ1) is 13.6. The van der Waals surface area contributed by atoms with Gasteiger partial charge in [0.1, 0.15) is 5.75 Å². The normalized spacial score (nSPS) is 16.9. The van der Waals surface area contributed by atoms with E-state index < -0.39 is 6.03 Å². The zero-order valence-electron chi connectivity index (χ0n) is 16.2. The SMILES string of the molecule is COc1ccc([C@H]2CCCCCN2C(=O)c2ccc(CNC(N)=O)cc2)cc1. The predicted octanol–water partition coefficient (Wildman–Crippen LogP) is 3.62. The molecular formula is C22H27N3O3. The summed E-state index contributed by atoms with van der Waals surface area (Å²) >= 11 is 0. The number of amides is 3. The van der Waals surface area contributed by atoms with Gasteiger partial charge >= 0.3 is 6.03 Å². The summed E-state index contributed by atoms with van der Waals surface area (Å²) in [6.07, 6.45) is 4.21. The van der Waals surface area contributed by atoms with Gasteiger partial charge in [0.05, 0.1) is 13.2 Å².